The largest absolute Gasteiger partial charge is 0.458 e. The van der Waals surface area contributed by atoms with Crippen LogP contribution < -0.4 is 11.5 Å². The maximum atomic E-state index is 12.4. The number of carbonyl (C=O) groups excluding carboxylic acids is 1. The van der Waals surface area contributed by atoms with Crippen LogP contribution in [0.4, 0.5) is 0 Å². The van der Waals surface area contributed by atoms with E-state index in [0.29, 0.717) is 42.6 Å². The summed E-state index contributed by atoms with van der Waals surface area (Å²) in [5, 5.41) is 14.8. The first kappa shape index (κ1) is 27.4. The molecule has 4 rings (SSSR count). The number of aromatic nitrogens is 6. The van der Waals surface area contributed by atoms with Crippen molar-refractivity contribution in [1.82, 2.24) is 30.2 Å². The zero-order valence-corrected chi connectivity index (χ0v) is 22.2. The van der Waals surface area contributed by atoms with Crippen molar-refractivity contribution in [3.8, 4) is 22.5 Å². The summed E-state index contributed by atoms with van der Waals surface area (Å²) in [6, 6.07) is 15.5. The van der Waals surface area contributed by atoms with Gasteiger partial charge in [0.25, 0.3) is 0 Å². The molecule has 10 nitrogen and oxygen atoms in total. The van der Waals surface area contributed by atoms with E-state index in [0.717, 1.165) is 47.3 Å². The summed E-state index contributed by atoms with van der Waals surface area (Å²) in [5.41, 5.74) is 16.1. The zero-order valence-electron chi connectivity index (χ0n) is 21.4. The highest BCUT2D eigenvalue weighted by atomic mass is 35.5. The monoisotopic (exact) mass is 536 g/mol. The fourth-order valence-electron chi connectivity index (χ4n) is 4.24. The molecule has 0 aliphatic carbocycles. The molecule has 200 valence electrons. The number of rotatable bonds is 13. The number of halogens is 1. The Hall–Kier alpha value is -3.60. The third-order valence-electron chi connectivity index (χ3n) is 6.35. The molecule has 0 saturated carbocycles. The first-order valence-electron chi connectivity index (χ1n) is 12.8. The van der Waals surface area contributed by atoms with E-state index in [1.165, 1.54) is 0 Å². The van der Waals surface area contributed by atoms with E-state index in [1.807, 2.05) is 28.8 Å². The molecule has 2 aromatic carbocycles. The Labute approximate surface area is 226 Å². The van der Waals surface area contributed by atoms with Crippen molar-refractivity contribution in [2.45, 2.75) is 58.2 Å². The topological polar surface area (TPSA) is 151 Å². The highest BCUT2D eigenvalue weighted by Gasteiger charge is 2.20. The Morgan fingerprint density at radius 2 is 1.89 bits per heavy atom. The third kappa shape index (κ3) is 6.63. The van der Waals surface area contributed by atoms with E-state index in [4.69, 9.17) is 27.8 Å². The van der Waals surface area contributed by atoms with Gasteiger partial charge in [-0.3, -0.25) is 4.79 Å². The number of benzene rings is 2. The highest BCUT2D eigenvalue weighted by Crippen LogP contribution is 2.30. The molecule has 5 N–H and O–H groups in total. The molecule has 2 aromatic heterocycles. The lowest BCUT2D eigenvalue weighted by Gasteiger charge is -2.15. The summed E-state index contributed by atoms with van der Waals surface area (Å²) in [7, 11) is 0. The van der Waals surface area contributed by atoms with Crippen LogP contribution in [0.5, 0.6) is 0 Å². The van der Waals surface area contributed by atoms with Crippen LogP contribution in [0, 0.1) is 0 Å². The van der Waals surface area contributed by atoms with Gasteiger partial charge in [-0.15, -0.1) is 10.2 Å². The molecule has 11 heteroatoms. The van der Waals surface area contributed by atoms with Gasteiger partial charge in [0.15, 0.2) is 5.15 Å². The van der Waals surface area contributed by atoms with Crippen molar-refractivity contribution in [2.75, 3.05) is 6.54 Å². The molecule has 4 aromatic rings. The quantitative estimate of drug-likeness (QED) is 0.218. The molecule has 0 spiro atoms. The van der Waals surface area contributed by atoms with Gasteiger partial charge in [0.05, 0.1) is 5.69 Å². The number of unbranched alkanes of at least 4 members (excludes halogenated alkanes) is 1. The van der Waals surface area contributed by atoms with Gasteiger partial charge >= 0.3 is 5.97 Å². The zero-order chi connectivity index (χ0) is 26.9. The van der Waals surface area contributed by atoms with Gasteiger partial charge in [-0.25, -0.2) is 4.98 Å². The summed E-state index contributed by atoms with van der Waals surface area (Å²) in [6.45, 7) is 3.15. The van der Waals surface area contributed by atoms with Crippen LogP contribution in [0.15, 0.2) is 48.5 Å². The molecular formula is C27H33ClN8O2. The maximum Gasteiger partial charge on any atom is 0.323 e. The van der Waals surface area contributed by atoms with Gasteiger partial charge in [-0.05, 0) is 47.7 Å². The molecule has 0 bridgehead atoms. The van der Waals surface area contributed by atoms with Crippen LogP contribution in [-0.2, 0) is 29.1 Å². The predicted octanol–water partition coefficient (Wildman–Crippen LogP) is 3.88. The fourth-order valence-corrected chi connectivity index (χ4v) is 4.49. The Bertz CT molecular complexity index is 1320. The first-order valence-corrected chi connectivity index (χ1v) is 13.2. The molecule has 0 saturated heterocycles. The molecule has 0 aliphatic rings. The second kappa shape index (κ2) is 13.3. The van der Waals surface area contributed by atoms with E-state index in [-0.39, 0.29) is 6.61 Å². The number of aryl methyl sites for hydroxylation is 1. The second-order valence-electron chi connectivity index (χ2n) is 9.08. The molecule has 0 fully saturated rings. The summed E-state index contributed by atoms with van der Waals surface area (Å²) >= 11 is 6.52. The Balaban J connectivity index is 1.55. The second-order valence-corrected chi connectivity index (χ2v) is 9.44. The number of nitrogens with two attached hydrogens (primary N) is 2. The normalized spacial score (nSPS) is 12.0. The van der Waals surface area contributed by atoms with E-state index < -0.39 is 12.0 Å². The van der Waals surface area contributed by atoms with Gasteiger partial charge in [-0.2, -0.15) is 5.21 Å². The molecule has 0 unspecified atom stereocenters. The number of hydrogen-bond donors (Lipinski definition) is 3. The summed E-state index contributed by atoms with van der Waals surface area (Å²) in [6.07, 6.45) is 3.91. The van der Waals surface area contributed by atoms with Crippen molar-refractivity contribution in [3.63, 3.8) is 0 Å². The number of carbonyl (C=O) groups is 1. The lowest BCUT2D eigenvalue weighted by Crippen LogP contribution is -2.32. The summed E-state index contributed by atoms with van der Waals surface area (Å²) < 4.78 is 7.56. The average Bonchev–Trinajstić information content (AvgIpc) is 3.58. The molecule has 0 aliphatic heterocycles. The minimum atomic E-state index is -0.712. The average molecular weight is 537 g/mol. The van der Waals surface area contributed by atoms with Crippen molar-refractivity contribution in [1.29, 1.82) is 0 Å². The molecule has 0 radical (unpaired) electrons. The SMILES string of the molecule is CCCCc1nc(Cl)c(COC(=O)[C@H](N)CCCN)n1Cc1ccc(-c2ccccc2-c2nn[nH]n2)cc1. The number of hydrogen-bond acceptors (Lipinski definition) is 8. The van der Waals surface area contributed by atoms with Gasteiger partial charge in [0, 0.05) is 18.5 Å². The number of tetrazole rings is 1. The van der Waals surface area contributed by atoms with E-state index in [1.54, 1.807) is 0 Å². The van der Waals surface area contributed by atoms with E-state index >= 15 is 0 Å². The molecule has 38 heavy (non-hydrogen) atoms. The van der Waals surface area contributed by atoms with Crippen LogP contribution in [-0.4, -0.2) is 48.7 Å². The Kier molecular flexibility index (Phi) is 9.58. The van der Waals surface area contributed by atoms with Gasteiger partial charge in [-0.1, -0.05) is 73.5 Å². The third-order valence-corrected chi connectivity index (χ3v) is 6.65. The van der Waals surface area contributed by atoms with Crippen molar-refractivity contribution < 1.29 is 9.53 Å². The lowest BCUT2D eigenvalue weighted by atomic mass is 9.98. The summed E-state index contributed by atoms with van der Waals surface area (Å²) in [5.74, 6) is 0.934. The molecule has 1 atom stereocenters. The number of nitrogens with one attached hydrogen (secondary N) is 1. The minimum absolute atomic E-state index is 0.00325. The molecule has 0 amide bonds. The van der Waals surface area contributed by atoms with Crippen LogP contribution in [0.2, 0.25) is 5.15 Å². The van der Waals surface area contributed by atoms with Crippen molar-refractivity contribution in [3.05, 3.63) is 70.8 Å². The van der Waals surface area contributed by atoms with Crippen LogP contribution in [0.25, 0.3) is 22.5 Å². The van der Waals surface area contributed by atoms with Gasteiger partial charge < -0.3 is 20.8 Å². The Morgan fingerprint density at radius 3 is 2.58 bits per heavy atom. The van der Waals surface area contributed by atoms with Crippen LogP contribution in [0.3, 0.4) is 0 Å². The number of H-pyrrole nitrogens is 1. The standard InChI is InChI=1S/C27H33ClN8O2/c1-2-3-10-24-31-25(28)23(17-38-27(37)22(30)9-6-15-29)36(24)16-18-11-13-19(14-12-18)20-7-4-5-8-21(20)26-32-34-35-33-26/h4-5,7-8,11-14,22H,2-3,6,9-10,15-17,29-30H2,1H3,(H,32,33,34,35)/t22-/m1/s1. The predicted molar refractivity (Wildman–Crippen MR) is 146 cm³/mol. The number of nitrogens with zero attached hydrogens (tertiary/aromatic N) is 5. The first-order chi connectivity index (χ1) is 18.5. The molecule has 2 heterocycles. The number of aromatic amines is 1. The minimum Gasteiger partial charge on any atom is -0.458 e. The highest BCUT2D eigenvalue weighted by molar-refractivity contribution is 6.30. The van der Waals surface area contributed by atoms with Crippen LogP contribution >= 0.6 is 11.6 Å². The fraction of sp³-hybridized carbons (Fsp3) is 0.370. The van der Waals surface area contributed by atoms with Crippen molar-refractivity contribution >= 4 is 17.6 Å². The van der Waals surface area contributed by atoms with Crippen molar-refractivity contribution in [2.24, 2.45) is 11.5 Å². The van der Waals surface area contributed by atoms with E-state index in [9.17, 15) is 4.79 Å². The smallest absolute Gasteiger partial charge is 0.323 e. The summed E-state index contributed by atoms with van der Waals surface area (Å²) in [4.78, 5) is 17.0. The van der Waals surface area contributed by atoms with E-state index in [2.05, 4.69) is 56.8 Å². The number of imidazole rings is 1. The Morgan fingerprint density at radius 1 is 1.13 bits per heavy atom. The molecular weight excluding hydrogens is 504 g/mol. The van der Waals surface area contributed by atoms with Crippen LogP contribution in [0.1, 0.15) is 49.7 Å². The maximum absolute atomic E-state index is 12.4. The number of ether oxygens (including phenoxy) is 1. The van der Waals surface area contributed by atoms with Gasteiger partial charge in [0.2, 0.25) is 5.82 Å². The number of esters is 1. The van der Waals surface area contributed by atoms with Gasteiger partial charge in [0.1, 0.15) is 18.5 Å². The lowest BCUT2D eigenvalue weighted by molar-refractivity contribution is -0.146.